The van der Waals surface area contributed by atoms with Crippen molar-refractivity contribution in [2.24, 2.45) is 0 Å². The fourth-order valence-electron chi connectivity index (χ4n) is 2.57. The summed E-state index contributed by atoms with van der Waals surface area (Å²) in [7, 11) is 0. The highest BCUT2D eigenvalue weighted by atomic mass is 16.3. The lowest BCUT2D eigenvalue weighted by Gasteiger charge is -2.27. The standard InChI is InChI=1S/C17H22N2O2/c1-2-9-17(21,10-8-15-6-4-3-5-7-15)13-16(20)19-12-11-18-14-19/h3-7,11-12,14,21H,2,8-10,13H2,1H3. The third-order valence-electron chi connectivity index (χ3n) is 3.71. The number of aliphatic hydroxyl groups is 1. The lowest BCUT2D eigenvalue weighted by molar-refractivity contribution is 0.0129. The van der Waals surface area contributed by atoms with E-state index in [-0.39, 0.29) is 12.3 Å². The predicted molar refractivity (Wildman–Crippen MR) is 82.1 cm³/mol. The zero-order valence-electron chi connectivity index (χ0n) is 12.4. The predicted octanol–water partition coefficient (Wildman–Crippen LogP) is 3.08. The van der Waals surface area contributed by atoms with Crippen LogP contribution < -0.4 is 0 Å². The Morgan fingerprint density at radius 2 is 2.05 bits per heavy atom. The largest absolute Gasteiger partial charge is 0.389 e. The van der Waals surface area contributed by atoms with Crippen LogP contribution in [-0.2, 0) is 6.42 Å². The maximum Gasteiger partial charge on any atom is 0.234 e. The highest BCUT2D eigenvalue weighted by Gasteiger charge is 2.29. The van der Waals surface area contributed by atoms with Crippen LogP contribution >= 0.6 is 0 Å². The van der Waals surface area contributed by atoms with Gasteiger partial charge in [0.05, 0.1) is 12.0 Å². The lowest BCUT2D eigenvalue weighted by Crippen LogP contribution is -2.34. The SMILES string of the molecule is CCCC(O)(CCc1ccccc1)CC(=O)n1ccnc1. The van der Waals surface area contributed by atoms with E-state index in [0.29, 0.717) is 12.8 Å². The molecule has 1 heterocycles. The summed E-state index contributed by atoms with van der Waals surface area (Å²) < 4.78 is 1.43. The average molecular weight is 286 g/mol. The van der Waals surface area contributed by atoms with Crippen molar-refractivity contribution in [1.82, 2.24) is 9.55 Å². The summed E-state index contributed by atoms with van der Waals surface area (Å²) >= 11 is 0. The molecule has 21 heavy (non-hydrogen) atoms. The number of benzene rings is 1. The van der Waals surface area contributed by atoms with E-state index < -0.39 is 5.60 Å². The number of hydrogen-bond acceptors (Lipinski definition) is 3. The Kier molecular flexibility index (Phi) is 5.28. The fourth-order valence-corrected chi connectivity index (χ4v) is 2.57. The third kappa shape index (κ3) is 4.53. The molecule has 1 aromatic carbocycles. The van der Waals surface area contributed by atoms with Gasteiger partial charge in [-0.15, -0.1) is 0 Å². The topological polar surface area (TPSA) is 55.1 Å². The van der Waals surface area contributed by atoms with Crippen molar-refractivity contribution in [2.45, 2.75) is 44.6 Å². The highest BCUT2D eigenvalue weighted by Crippen LogP contribution is 2.25. The zero-order chi connectivity index (χ0) is 15.1. The van der Waals surface area contributed by atoms with Crippen LogP contribution in [0, 0.1) is 0 Å². The van der Waals surface area contributed by atoms with Crippen molar-refractivity contribution in [3.8, 4) is 0 Å². The molecule has 1 unspecified atom stereocenters. The third-order valence-corrected chi connectivity index (χ3v) is 3.71. The summed E-state index contributed by atoms with van der Waals surface area (Å²) in [4.78, 5) is 16.0. The zero-order valence-corrected chi connectivity index (χ0v) is 12.4. The van der Waals surface area contributed by atoms with E-state index in [1.54, 1.807) is 12.4 Å². The van der Waals surface area contributed by atoms with Crippen molar-refractivity contribution < 1.29 is 9.90 Å². The smallest absolute Gasteiger partial charge is 0.234 e. The molecule has 0 aliphatic rings. The minimum absolute atomic E-state index is 0.114. The maximum atomic E-state index is 12.2. The van der Waals surface area contributed by atoms with E-state index in [9.17, 15) is 9.90 Å². The molecule has 2 aromatic rings. The Morgan fingerprint density at radius 1 is 1.29 bits per heavy atom. The molecule has 0 bridgehead atoms. The molecule has 2 rings (SSSR count). The molecule has 4 nitrogen and oxygen atoms in total. The first kappa shape index (κ1) is 15.4. The minimum atomic E-state index is -0.952. The van der Waals surface area contributed by atoms with E-state index in [1.807, 2.05) is 37.3 Å². The fraction of sp³-hybridized carbons (Fsp3) is 0.412. The molecule has 1 N–H and O–H groups in total. The molecule has 1 atom stereocenters. The second-order valence-electron chi connectivity index (χ2n) is 5.50. The molecular weight excluding hydrogens is 264 g/mol. The molecule has 112 valence electrons. The van der Waals surface area contributed by atoms with Crippen LogP contribution in [0.1, 0.15) is 43.0 Å². The molecule has 0 radical (unpaired) electrons. The van der Waals surface area contributed by atoms with Gasteiger partial charge in [-0.2, -0.15) is 0 Å². The quantitative estimate of drug-likeness (QED) is 0.851. The number of aryl methyl sites for hydroxylation is 1. The first-order valence-corrected chi connectivity index (χ1v) is 7.40. The number of nitrogens with zero attached hydrogens (tertiary/aromatic N) is 2. The van der Waals surface area contributed by atoms with Gasteiger partial charge in [-0.05, 0) is 24.8 Å². The molecule has 0 amide bonds. The van der Waals surface area contributed by atoms with Crippen LogP contribution in [-0.4, -0.2) is 26.2 Å². The molecule has 0 fully saturated rings. The van der Waals surface area contributed by atoms with Crippen LogP contribution in [0.25, 0.3) is 0 Å². The van der Waals surface area contributed by atoms with E-state index >= 15 is 0 Å². The summed E-state index contributed by atoms with van der Waals surface area (Å²) in [6.45, 7) is 2.02. The summed E-state index contributed by atoms with van der Waals surface area (Å²) in [6, 6.07) is 10.0. The molecule has 1 aromatic heterocycles. The van der Waals surface area contributed by atoms with Gasteiger partial charge in [0.2, 0.25) is 5.91 Å². The highest BCUT2D eigenvalue weighted by molar-refractivity contribution is 5.79. The van der Waals surface area contributed by atoms with Crippen molar-refractivity contribution in [1.29, 1.82) is 0 Å². The van der Waals surface area contributed by atoms with E-state index in [2.05, 4.69) is 4.98 Å². The first-order valence-electron chi connectivity index (χ1n) is 7.40. The molecule has 0 saturated heterocycles. The van der Waals surface area contributed by atoms with Crippen LogP contribution in [0.15, 0.2) is 49.1 Å². The first-order chi connectivity index (χ1) is 10.1. The molecular formula is C17H22N2O2. The second-order valence-corrected chi connectivity index (χ2v) is 5.50. The van der Waals surface area contributed by atoms with Gasteiger partial charge in [0, 0.05) is 12.4 Å². The molecule has 0 aliphatic heterocycles. The van der Waals surface area contributed by atoms with Crippen LogP contribution in [0.5, 0.6) is 0 Å². The Labute approximate surface area is 125 Å². The number of aromatic nitrogens is 2. The van der Waals surface area contributed by atoms with Crippen LogP contribution in [0.4, 0.5) is 0 Å². The Bertz CT molecular complexity index is 551. The van der Waals surface area contributed by atoms with Crippen molar-refractivity contribution in [2.75, 3.05) is 0 Å². The van der Waals surface area contributed by atoms with E-state index in [4.69, 9.17) is 0 Å². The van der Waals surface area contributed by atoms with Crippen LogP contribution in [0.3, 0.4) is 0 Å². The second kappa shape index (κ2) is 7.18. The van der Waals surface area contributed by atoms with Crippen LogP contribution in [0.2, 0.25) is 0 Å². The molecule has 0 aliphatic carbocycles. The molecule has 0 saturated carbocycles. The normalized spacial score (nSPS) is 13.8. The van der Waals surface area contributed by atoms with Gasteiger partial charge < -0.3 is 5.11 Å². The van der Waals surface area contributed by atoms with Crippen molar-refractivity contribution in [3.63, 3.8) is 0 Å². The number of rotatable bonds is 7. The van der Waals surface area contributed by atoms with Gasteiger partial charge in [-0.3, -0.25) is 9.36 Å². The molecule has 0 spiro atoms. The van der Waals surface area contributed by atoms with E-state index in [0.717, 1.165) is 12.8 Å². The lowest BCUT2D eigenvalue weighted by atomic mass is 9.87. The Hall–Kier alpha value is -1.94. The van der Waals surface area contributed by atoms with Crippen molar-refractivity contribution >= 4 is 5.91 Å². The monoisotopic (exact) mass is 286 g/mol. The number of hydrogen-bond donors (Lipinski definition) is 1. The number of carbonyl (C=O) groups excluding carboxylic acids is 1. The maximum absolute atomic E-state index is 12.2. The summed E-state index contributed by atoms with van der Waals surface area (Å²) in [5.74, 6) is -0.114. The summed E-state index contributed by atoms with van der Waals surface area (Å²) in [5.41, 5.74) is 0.230. The van der Waals surface area contributed by atoms with E-state index in [1.165, 1.54) is 16.5 Å². The summed E-state index contributed by atoms with van der Waals surface area (Å²) in [6.07, 6.45) is 7.63. The van der Waals surface area contributed by atoms with Gasteiger partial charge in [0.1, 0.15) is 6.33 Å². The average Bonchev–Trinajstić information content (AvgIpc) is 3.01. The summed E-state index contributed by atoms with van der Waals surface area (Å²) in [5, 5.41) is 10.8. The Balaban J connectivity index is 2.00. The van der Waals surface area contributed by atoms with Gasteiger partial charge in [0.15, 0.2) is 0 Å². The Morgan fingerprint density at radius 3 is 2.67 bits per heavy atom. The molecule has 4 heteroatoms. The minimum Gasteiger partial charge on any atom is -0.389 e. The van der Waals surface area contributed by atoms with Gasteiger partial charge in [-0.1, -0.05) is 43.7 Å². The number of carbonyl (C=O) groups is 1. The van der Waals surface area contributed by atoms with Gasteiger partial charge >= 0.3 is 0 Å². The number of imidazole rings is 1. The van der Waals surface area contributed by atoms with Gasteiger partial charge in [0.25, 0.3) is 0 Å². The van der Waals surface area contributed by atoms with Crippen molar-refractivity contribution in [3.05, 3.63) is 54.6 Å². The van der Waals surface area contributed by atoms with Gasteiger partial charge in [-0.25, -0.2) is 4.98 Å².